The van der Waals surface area contributed by atoms with Gasteiger partial charge in [0.15, 0.2) is 16.6 Å². The summed E-state index contributed by atoms with van der Waals surface area (Å²) in [5.74, 6) is 1.32. The Morgan fingerprint density at radius 3 is 2.40 bits per heavy atom. The zero-order valence-corrected chi connectivity index (χ0v) is 18.1. The Hall–Kier alpha value is -3.38. The number of para-hydroxylation sites is 1. The van der Waals surface area contributed by atoms with Crippen molar-refractivity contribution in [3.8, 4) is 11.5 Å². The second kappa shape index (κ2) is 10.4. The lowest BCUT2D eigenvalue weighted by molar-refractivity contribution is 0.284. The summed E-state index contributed by atoms with van der Waals surface area (Å²) in [6.07, 6.45) is 1.69. The molecule has 6 heteroatoms. The Morgan fingerprint density at radius 1 is 0.967 bits per heavy atom. The number of anilines is 1. The van der Waals surface area contributed by atoms with Crippen molar-refractivity contribution >= 4 is 29.2 Å². The van der Waals surface area contributed by atoms with Crippen LogP contribution in [-0.4, -0.2) is 18.4 Å². The van der Waals surface area contributed by atoms with Gasteiger partial charge in [0.1, 0.15) is 6.61 Å². The summed E-state index contributed by atoms with van der Waals surface area (Å²) in [6, 6.07) is 21.7. The highest BCUT2D eigenvalue weighted by Gasteiger charge is 2.06. The molecule has 0 heterocycles. The van der Waals surface area contributed by atoms with Crippen molar-refractivity contribution in [2.75, 3.05) is 12.4 Å². The molecule has 0 saturated heterocycles. The van der Waals surface area contributed by atoms with Crippen LogP contribution in [0.15, 0.2) is 71.8 Å². The minimum Gasteiger partial charge on any atom is -0.493 e. The molecule has 0 spiro atoms. The van der Waals surface area contributed by atoms with E-state index >= 15 is 0 Å². The highest BCUT2D eigenvalue weighted by Crippen LogP contribution is 2.28. The fraction of sp³-hybridized carbons (Fsp3) is 0.167. The van der Waals surface area contributed by atoms with Crippen molar-refractivity contribution in [2.45, 2.75) is 20.5 Å². The van der Waals surface area contributed by atoms with Crippen molar-refractivity contribution in [1.82, 2.24) is 5.43 Å². The Balaban J connectivity index is 1.62. The van der Waals surface area contributed by atoms with E-state index in [4.69, 9.17) is 21.7 Å². The molecule has 0 aliphatic rings. The zero-order valence-electron chi connectivity index (χ0n) is 17.3. The molecule has 0 atom stereocenters. The van der Waals surface area contributed by atoms with Gasteiger partial charge < -0.3 is 14.8 Å². The molecule has 0 unspecified atom stereocenters. The van der Waals surface area contributed by atoms with E-state index in [9.17, 15) is 0 Å². The molecule has 30 heavy (non-hydrogen) atoms. The van der Waals surface area contributed by atoms with Gasteiger partial charge in [-0.15, -0.1) is 0 Å². The minimum atomic E-state index is 0.428. The van der Waals surface area contributed by atoms with Gasteiger partial charge in [-0.25, -0.2) is 0 Å². The van der Waals surface area contributed by atoms with Gasteiger partial charge in [-0.1, -0.05) is 48.5 Å². The fourth-order valence-electron chi connectivity index (χ4n) is 2.94. The summed E-state index contributed by atoms with van der Waals surface area (Å²) in [5, 5.41) is 7.86. The molecular formula is C24H25N3O2S. The van der Waals surface area contributed by atoms with Crippen LogP contribution in [0.2, 0.25) is 0 Å². The van der Waals surface area contributed by atoms with Gasteiger partial charge in [-0.2, -0.15) is 5.10 Å². The molecule has 3 aromatic carbocycles. The summed E-state index contributed by atoms with van der Waals surface area (Å²) in [7, 11) is 1.62. The summed E-state index contributed by atoms with van der Waals surface area (Å²) >= 11 is 5.35. The van der Waals surface area contributed by atoms with Gasteiger partial charge in [-0.05, 0) is 66.5 Å². The second-order valence-corrected chi connectivity index (χ2v) is 7.18. The number of thiocarbonyl (C=S) groups is 1. The van der Waals surface area contributed by atoms with Gasteiger partial charge >= 0.3 is 0 Å². The third kappa shape index (κ3) is 5.81. The van der Waals surface area contributed by atoms with Crippen LogP contribution >= 0.6 is 12.2 Å². The van der Waals surface area contributed by atoms with Crippen molar-refractivity contribution in [2.24, 2.45) is 5.10 Å². The number of benzene rings is 3. The number of aryl methyl sites for hydroxylation is 2. The summed E-state index contributed by atoms with van der Waals surface area (Å²) in [5.41, 5.74) is 8.05. The number of nitrogens with zero attached hydrogens (tertiary/aromatic N) is 1. The predicted molar refractivity (Wildman–Crippen MR) is 127 cm³/mol. The van der Waals surface area contributed by atoms with Crippen molar-refractivity contribution < 1.29 is 9.47 Å². The SMILES string of the molecule is COc1ccc(C=NNC(=S)Nc2c(C)cccc2C)cc1OCc1ccccc1. The Bertz CT molecular complexity index is 1020. The average molecular weight is 420 g/mol. The molecular weight excluding hydrogens is 394 g/mol. The Kier molecular flexibility index (Phi) is 7.40. The smallest absolute Gasteiger partial charge is 0.191 e. The Morgan fingerprint density at radius 2 is 1.70 bits per heavy atom. The molecule has 0 bridgehead atoms. The predicted octanol–water partition coefficient (Wildman–Crippen LogP) is 5.21. The summed E-state index contributed by atoms with van der Waals surface area (Å²) < 4.78 is 11.3. The van der Waals surface area contributed by atoms with Crippen LogP contribution in [0.25, 0.3) is 0 Å². The first-order chi connectivity index (χ1) is 14.6. The van der Waals surface area contributed by atoms with Crippen LogP contribution in [-0.2, 0) is 6.61 Å². The van der Waals surface area contributed by atoms with Crippen LogP contribution in [0.1, 0.15) is 22.3 Å². The molecule has 0 aliphatic heterocycles. The second-order valence-electron chi connectivity index (χ2n) is 6.78. The van der Waals surface area contributed by atoms with Crippen LogP contribution in [0.3, 0.4) is 0 Å². The molecule has 0 amide bonds. The van der Waals surface area contributed by atoms with Crippen LogP contribution in [0.4, 0.5) is 5.69 Å². The molecule has 0 saturated carbocycles. The van der Waals surface area contributed by atoms with Crippen LogP contribution in [0.5, 0.6) is 11.5 Å². The topological polar surface area (TPSA) is 54.9 Å². The zero-order chi connectivity index (χ0) is 21.3. The van der Waals surface area contributed by atoms with Gasteiger partial charge in [0, 0.05) is 5.69 Å². The highest BCUT2D eigenvalue weighted by atomic mass is 32.1. The molecule has 0 fully saturated rings. The third-order valence-electron chi connectivity index (χ3n) is 4.52. The van der Waals surface area contributed by atoms with Gasteiger partial charge in [-0.3, -0.25) is 5.43 Å². The molecule has 0 aromatic heterocycles. The minimum absolute atomic E-state index is 0.428. The highest BCUT2D eigenvalue weighted by molar-refractivity contribution is 7.80. The third-order valence-corrected chi connectivity index (χ3v) is 4.72. The summed E-state index contributed by atoms with van der Waals surface area (Å²) in [4.78, 5) is 0. The van der Waals surface area contributed by atoms with E-state index < -0.39 is 0 Å². The van der Waals surface area contributed by atoms with E-state index in [1.807, 2.05) is 80.6 Å². The maximum atomic E-state index is 5.94. The van der Waals surface area contributed by atoms with E-state index in [1.54, 1.807) is 13.3 Å². The molecule has 2 N–H and O–H groups in total. The maximum absolute atomic E-state index is 5.94. The largest absolute Gasteiger partial charge is 0.493 e. The molecule has 3 aromatic rings. The van der Waals surface area contributed by atoms with Crippen LogP contribution < -0.4 is 20.2 Å². The van der Waals surface area contributed by atoms with Crippen molar-refractivity contribution in [1.29, 1.82) is 0 Å². The first-order valence-electron chi connectivity index (χ1n) is 9.58. The van der Waals surface area contributed by atoms with Crippen molar-refractivity contribution in [3.63, 3.8) is 0 Å². The van der Waals surface area contributed by atoms with Crippen molar-refractivity contribution in [3.05, 3.63) is 89.0 Å². The first-order valence-corrected chi connectivity index (χ1v) is 9.98. The van der Waals surface area contributed by atoms with E-state index in [2.05, 4.69) is 15.8 Å². The first kappa shape index (κ1) is 21.3. The number of ether oxygens (including phenoxy) is 2. The van der Waals surface area contributed by atoms with Gasteiger partial charge in [0.25, 0.3) is 0 Å². The molecule has 5 nitrogen and oxygen atoms in total. The number of hydrogen-bond donors (Lipinski definition) is 2. The number of rotatable bonds is 7. The van der Waals surface area contributed by atoms with Gasteiger partial charge in [0.2, 0.25) is 0 Å². The molecule has 154 valence electrons. The maximum Gasteiger partial charge on any atom is 0.191 e. The lowest BCUT2D eigenvalue weighted by Gasteiger charge is -2.13. The summed E-state index contributed by atoms with van der Waals surface area (Å²) in [6.45, 7) is 4.53. The molecule has 0 radical (unpaired) electrons. The van der Waals surface area contributed by atoms with Crippen LogP contribution in [0, 0.1) is 13.8 Å². The average Bonchev–Trinajstić information content (AvgIpc) is 2.76. The Labute approximate surface area is 182 Å². The lowest BCUT2D eigenvalue weighted by Crippen LogP contribution is -2.24. The molecule has 3 rings (SSSR count). The normalized spacial score (nSPS) is 10.6. The van der Waals surface area contributed by atoms with E-state index in [1.165, 1.54) is 0 Å². The molecule has 0 aliphatic carbocycles. The van der Waals surface area contributed by atoms with E-state index in [0.717, 1.165) is 27.9 Å². The van der Waals surface area contributed by atoms with E-state index in [-0.39, 0.29) is 0 Å². The monoisotopic (exact) mass is 419 g/mol. The number of hydrazone groups is 1. The fourth-order valence-corrected chi connectivity index (χ4v) is 3.10. The number of methoxy groups -OCH3 is 1. The van der Waals surface area contributed by atoms with E-state index in [0.29, 0.717) is 23.2 Å². The van der Waals surface area contributed by atoms with Gasteiger partial charge in [0.05, 0.1) is 13.3 Å². The number of hydrogen-bond acceptors (Lipinski definition) is 4. The lowest BCUT2D eigenvalue weighted by atomic mass is 10.1. The number of nitrogens with one attached hydrogen (secondary N) is 2. The standard InChI is InChI=1S/C24H25N3O2S/c1-17-8-7-9-18(2)23(17)26-24(30)27-25-15-20-12-13-21(28-3)22(14-20)29-16-19-10-5-4-6-11-19/h4-15H,16H2,1-3H3,(H2,26,27,30). The quantitative estimate of drug-likeness (QED) is 0.313.